The largest absolute Gasteiger partial charge is 0.493 e. The molecule has 0 amide bonds. The van der Waals surface area contributed by atoms with E-state index in [-0.39, 0.29) is 24.3 Å². The highest BCUT2D eigenvalue weighted by molar-refractivity contribution is 9.10. The van der Waals surface area contributed by atoms with Crippen LogP contribution in [0.4, 0.5) is 0 Å². The summed E-state index contributed by atoms with van der Waals surface area (Å²) in [5.41, 5.74) is 1.66. The van der Waals surface area contributed by atoms with Crippen LogP contribution in [0.2, 0.25) is 0 Å². The highest BCUT2D eigenvalue weighted by Gasteiger charge is 2.35. The molecule has 4 rings (SSSR count). The predicted octanol–water partition coefficient (Wildman–Crippen LogP) is 4.74. The topological polar surface area (TPSA) is 88.3 Å². The molecule has 208 valence electrons. The normalized spacial score (nSPS) is 14.7. The fourth-order valence-electron chi connectivity index (χ4n) is 4.30. The maximum absolute atomic E-state index is 14.0. The van der Waals surface area contributed by atoms with Crippen molar-refractivity contribution in [3.05, 3.63) is 81.4 Å². The van der Waals surface area contributed by atoms with Gasteiger partial charge in [-0.15, -0.1) is 6.42 Å². The minimum absolute atomic E-state index is 0.0828. The van der Waals surface area contributed by atoms with Crippen LogP contribution in [0, 0.1) is 12.3 Å². The van der Waals surface area contributed by atoms with Gasteiger partial charge in [0.25, 0.3) is 5.56 Å². The molecule has 11 heteroatoms. The van der Waals surface area contributed by atoms with E-state index in [1.807, 2.05) is 19.1 Å². The van der Waals surface area contributed by atoms with Gasteiger partial charge in [0, 0.05) is 14.5 Å². The van der Waals surface area contributed by atoms with Gasteiger partial charge in [-0.3, -0.25) is 9.36 Å². The molecular formula is C29H26Br2N2O6S. The number of hydrogen-bond donors (Lipinski definition) is 0. The van der Waals surface area contributed by atoms with Crippen LogP contribution in [-0.4, -0.2) is 37.5 Å². The Labute approximate surface area is 252 Å². The predicted molar refractivity (Wildman–Crippen MR) is 161 cm³/mol. The lowest BCUT2D eigenvalue weighted by Gasteiger charge is -2.26. The maximum atomic E-state index is 14.0. The molecule has 0 spiro atoms. The molecule has 0 aliphatic carbocycles. The molecule has 1 aliphatic heterocycles. The number of rotatable bonds is 9. The van der Waals surface area contributed by atoms with Crippen molar-refractivity contribution in [2.24, 2.45) is 4.99 Å². The second-order valence-corrected chi connectivity index (χ2v) is 11.2. The number of hydrogen-bond acceptors (Lipinski definition) is 8. The molecule has 40 heavy (non-hydrogen) atoms. The van der Waals surface area contributed by atoms with Gasteiger partial charge in [-0.05, 0) is 62.7 Å². The average Bonchev–Trinajstić information content (AvgIpc) is 3.22. The molecule has 2 heterocycles. The SMILES string of the molecule is C#CCOc1ccc(Br)cc1/C=c1/sc2n(c1=O)[C@H](c1cc(OC)c(OCC)cc1Br)C(C(=O)OCC)=C(C)N=2. The van der Waals surface area contributed by atoms with E-state index >= 15 is 0 Å². The summed E-state index contributed by atoms with van der Waals surface area (Å²) >= 11 is 8.32. The Morgan fingerprint density at radius 3 is 2.60 bits per heavy atom. The molecular weight excluding hydrogens is 664 g/mol. The quantitative estimate of drug-likeness (QED) is 0.238. The van der Waals surface area contributed by atoms with Crippen molar-refractivity contribution in [1.82, 2.24) is 4.57 Å². The van der Waals surface area contributed by atoms with Crippen molar-refractivity contribution < 1.29 is 23.7 Å². The molecule has 3 aromatic rings. The van der Waals surface area contributed by atoms with Crippen LogP contribution in [0.15, 0.2) is 60.3 Å². The Bertz CT molecular complexity index is 1720. The van der Waals surface area contributed by atoms with Crippen LogP contribution in [0.5, 0.6) is 17.2 Å². The van der Waals surface area contributed by atoms with Crippen LogP contribution >= 0.6 is 43.2 Å². The Morgan fingerprint density at radius 2 is 1.93 bits per heavy atom. The van der Waals surface area contributed by atoms with E-state index in [4.69, 9.17) is 25.4 Å². The Balaban J connectivity index is 2.00. The molecule has 8 nitrogen and oxygen atoms in total. The van der Waals surface area contributed by atoms with E-state index < -0.39 is 12.0 Å². The van der Waals surface area contributed by atoms with E-state index in [2.05, 4.69) is 42.8 Å². The molecule has 0 saturated carbocycles. The number of allylic oxidation sites excluding steroid dienone is 1. The first-order valence-electron chi connectivity index (χ1n) is 12.3. The third-order valence-electron chi connectivity index (χ3n) is 5.96. The zero-order valence-corrected chi connectivity index (χ0v) is 26.2. The number of halogens is 2. The molecule has 0 radical (unpaired) electrons. The lowest BCUT2D eigenvalue weighted by molar-refractivity contribution is -0.139. The number of benzene rings is 2. The summed E-state index contributed by atoms with van der Waals surface area (Å²) in [5, 5.41) is 0. The molecule has 1 atom stereocenters. The van der Waals surface area contributed by atoms with Gasteiger partial charge in [0.05, 0.1) is 42.2 Å². The molecule has 1 aliphatic rings. The van der Waals surface area contributed by atoms with Gasteiger partial charge in [-0.25, -0.2) is 9.79 Å². The third kappa shape index (κ3) is 5.89. The molecule has 1 aromatic heterocycles. The van der Waals surface area contributed by atoms with E-state index in [1.165, 1.54) is 23.0 Å². The summed E-state index contributed by atoms with van der Waals surface area (Å²) in [6, 6.07) is 8.13. The highest BCUT2D eigenvalue weighted by atomic mass is 79.9. The zero-order chi connectivity index (χ0) is 29.0. The fourth-order valence-corrected chi connectivity index (χ4v) is 6.25. The van der Waals surface area contributed by atoms with E-state index in [0.29, 0.717) is 54.5 Å². The summed E-state index contributed by atoms with van der Waals surface area (Å²) in [4.78, 5) is 32.4. The summed E-state index contributed by atoms with van der Waals surface area (Å²) in [5.74, 6) is 3.42. The van der Waals surface area contributed by atoms with Crippen molar-refractivity contribution in [3.63, 3.8) is 0 Å². The first-order chi connectivity index (χ1) is 19.2. The minimum Gasteiger partial charge on any atom is -0.493 e. The number of esters is 1. The Kier molecular flexibility index (Phi) is 9.56. The van der Waals surface area contributed by atoms with Crippen molar-refractivity contribution in [3.8, 4) is 29.6 Å². The molecule has 0 saturated heterocycles. The van der Waals surface area contributed by atoms with Crippen LogP contribution in [0.1, 0.15) is 37.9 Å². The van der Waals surface area contributed by atoms with Gasteiger partial charge >= 0.3 is 5.97 Å². The second kappa shape index (κ2) is 12.9. The van der Waals surface area contributed by atoms with Gasteiger partial charge in [0.15, 0.2) is 16.3 Å². The number of ether oxygens (including phenoxy) is 4. The first kappa shape index (κ1) is 29.6. The maximum Gasteiger partial charge on any atom is 0.338 e. The van der Waals surface area contributed by atoms with Gasteiger partial charge < -0.3 is 18.9 Å². The van der Waals surface area contributed by atoms with Gasteiger partial charge in [-0.2, -0.15) is 0 Å². The van der Waals surface area contributed by atoms with Gasteiger partial charge in [0.2, 0.25) is 0 Å². The number of carbonyl (C=O) groups excluding carboxylic acids is 1. The molecule has 2 aromatic carbocycles. The number of aromatic nitrogens is 1. The second-order valence-electron chi connectivity index (χ2n) is 8.43. The zero-order valence-electron chi connectivity index (χ0n) is 22.2. The number of thiazole rings is 1. The third-order valence-corrected chi connectivity index (χ3v) is 8.13. The van der Waals surface area contributed by atoms with Crippen molar-refractivity contribution in [2.75, 3.05) is 26.9 Å². The summed E-state index contributed by atoms with van der Waals surface area (Å²) in [6.45, 7) is 6.02. The number of terminal acetylenes is 1. The number of carbonyl (C=O) groups is 1. The fraction of sp³-hybridized carbons (Fsp3) is 0.276. The van der Waals surface area contributed by atoms with E-state index in [9.17, 15) is 9.59 Å². The summed E-state index contributed by atoms with van der Waals surface area (Å²) in [7, 11) is 1.53. The Hall–Kier alpha value is -3.33. The number of methoxy groups -OCH3 is 1. The van der Waals surface area contributed by atoms with E-state index in [1.54, 1.807) is 38.1 Å². The number of nitrogens with zero attached hydrogens (tertiary/aromatic N) is 2. The van der Waals surface area contributed by atoms with Crippen molar-refractivity contribution in [1.29, 1.82) is 0 Å². The van der Waals surface area contributed by atoms with Gasteiger partial charge in [-0.1, -0.05) is 49.1 Å². The molecule has 0 bridgehead atoms. The van der Waals surface area contributed by atoms with E-state index in [0.717, 1.165) is 4.47 Å². The van der Waals surface area contributed by atoms with Crippen LogP contribution < -0.4 is 29.1 Å². The smallest absolute Gasteiger partial charge is 0.338 e. The standard InChI is InChI=1S/C29H26Br2N2O6S/c1-6-11-39-21-10-9-18(30)12-17(21)13-24-27(34)33-26(19-14-22(36-5)23(37-7-2)15-20(19)31)25(28(35)38-8-3)16(4)32-29(33)40-24/h1,9-10,12-15,26H,7-8,11H2,2-5H3/b24-13+/t26-/m1/s1. The van der Waals surface area contributed by atoms with Gasteiger partial charge in [0.1, 0.15) is 12.4 Å². The lowest BCUT2D eigenvalue weighted by atomic mass is 9.95. The highest BCUT2D eigenvalue weighted by Crippen LogP contribution is 2.41. The lowest BCUT2D eigenvalue weighted by Crippen LogP contribution is -2.40. The molecule has 0 N–H and O–H groups in total. The average molecular weight is 690 g/mol. The van der Waals surface area contributed by atoms with Crippen LogP contribution in [0.3, 0.4) is 0 Å². The summed E-state index contributed by atoms with van der Waals surface area (Å²) in [6.07, 6.45) is 7.11. The van der Waals surface area contributed by atoms with Crippen molar-refractivity contribution >= 4 is 55.2 Å². The van der Waals surface area contributed by atoms with Crippen LogP contribution in [0.25, 0.3) is 6.08 Å². The minimum atomic E-state index is -0.837. The molecule has 0 fully saturated rings. The monoisotopic (exact) mass is 688 g/mol. The van der Waals surface area contributed by atoms with Crippen LogP contribution in [-0.2, 0) is 9.53 Å². The summed E-state index contributed by atoms with van der Waals surface area (Å²) < 4.78 is 25.8. The Morgan fingerprint density at radius 1 is 1.15 bits per heavy atom. The molecule has 0 unspecified atom stereocenters. The van der Waals surface area contributed by atoms with Crippen molar-refractivity contribution in [2.45, 2.75) is 26.8 Å². The first-order valence-corrected chi connectivity index (χ1v) is 14.7. The number of fused-ring (bicyclic) bond motifs is 1.